The van der Waals surface area contributed by atoms with Crippen molar-refractivity contribution in [3.05, 3.63) is 34.9 Å². The second-order valence-electron chi connectivity index (χ2n) is 5.50. The quantitative estimate of drug-likeness (QED) is 0.855. The summed E-state index contributed by atoms with van der Waals surface area (Å²) >= 11 is 0. The maximum Gasteiger partial charge on any atom is 0.133 e. The van der Waals surface area contributed by atoms with Gasteiger partial charge in [0.25, 0.3) is 0 Å². The monoisotopic (exact) mass is 283 g/mol. The van der Waals surface area contributed by atoms with Crippen LogP contribution in [0.1, 0.15) is 49.3 Å². The summed E-state index contributed by atoms with van der Waals surface area (Å²) in [4.78, 5) is 0. The van der Waals surface area contributed by atoms with Crippen LogP contribution < -0.4 is 5.32 Å². The molecule has 0 radical (unpaired) electrons. The number of ether oxygens (including phenoxy) is 1. The van der Waals surface area contributed by atoms with Crippen molar-refractivity contribution in [1.29, 1.82) is 0 Å². The molecule has 1 aliphatic heterocycles. The van der Waals surface area contributed by atoms with Crippen LogP contribution in [0.25, 0.3) is 0 Å². The molecule has 0 spiro atoms. The molecule has 1 N–H and O–H groups in total. The number of rotatable bonds is 6. The van der Waals surface area contributed by atoms with Gasteiger partial charge in [0.15, 0.2) is 0 Å². The maximum absolute atomic E-state index is 14.1. The highest BCUT2D eigenvalue weighted by Gasteiger charge is 2.21. The molecule has 1 aromatic carbocycles. The average molecular weight is 283 g/mol. The number of nitrogens with one attached hydrogen (secondary N) is 1. The van der Waals surface area contributed by atoms with Crippen LogP contribution in [-0.2, 0) is 4.74 Å². The van der Waals surface area contributed by atoms with Crippen molar-refractivity contribution in [2.45, 2.75) is 51.2 Å². The van der Waals surface area contributed by atoms with Crippen LogP contribution >= 0.6 is 0 Å². The van der Waals surface area contributed by atoms with Crippen molar-refractivity contribution in [2.75, 3.05) is 13.7 Å². The Hall–Kier alpha value is -1.00. The molecule has 1 aromatic rings. The molecule has 0 aromatic heterocycles. The smallest absolute Gasteiger partial charge is 0.133 e. The number of hydrogen-bond donors (Lipinski definition) is 1. The summed E-state index contributed by atoms with van der Waals surface area (Å²) in [5.74, 6) is -0.897. The summed E-state index contributed by atoms with van der Waals surface area (Å²) < 4.78 is 33.6. The third-order valence-electron chi connectivity index (χ3n) is 4.06. The molecule has 0 bridgehead atoms. The topological polar surface area (TPSA) is 21.3 Å². The van der Waals surface area contributed by atoms with Gasteiger partial charge < -0.3 is 10.1 Å². The fourth-order valence-corrected chi connectivity index (χ4v) is 2.85. The van der Waals surface area contributed by atoms with Crippen LogP contribution in [0.4, 0.5) is 8.78 Å². The van der Waals surface area contributed by atoms with Gasteiger partial charge in [-0.2, -0.15) is 0 Å². The molecule has 0 saturated carbocycles. The van der Waals surface area contributed by atoms with Crippen molar-refractivity contribution in [3.63, 3.8) is 0 Å². The molecule has 1 saturated heterocycles. The van der Waals surface area contributed by atoms with Gasteiger partial charge in [0.1, 0.15) is 11.6 Å². The van der Waals surface area contributed by atoms with E-state index in [0.717, 1.165) is 32.3 Å². The Bertz CT molecular complexity index is 444. The molecule has 4 heteroatoms. The van der Waals surface area contributed by atoms with E-state index in [-0.39, 0.29) is 11.6 Å². The average Bonchev–Trinajstić information content (AvgIpc) is 2.94. The first-order valence-electron chi connectivity index (χ1n) is 7.37. The highest BCUT2D eigenvalue weighted by Crippen LogP contribution is 2.28. The Kier molecular flexibility index (Phi) is 5.49. The van der Waals surface area contributed by atoms with E-state index in [2.05, 4.69) is 5.32 Å². The first kappa shape index (κ1) is 15.4. The standard InChI is InChI=1S/C16H23F2NO/c1-11-8-9-13(17)15(16(11)18)14(19-2)7-3-5-12-6-4-10-20-12/h8-9,12,14,19H,3-7,10H2,1-2H3. The van der Waals surface area contributed by atoms with Crippen LogP contribution in [-0.4, -0.2) is 19.8 Å². The fraction of sp³-hybridized carbons (Fsp3) is 0.625. The first-order chi connectivity index (χ1) is 9.63. The summed E-state index contributed by atoms with van der Waals surface area (Å²) in [5.41, 5.74) is 0.653. The van der Waals surface area contributed by atoms with Gasteiger partial charge in [0.2, 0.25) is 0 Å². The predicted octanol–water partition coefficient (Wildman–Crippen LogP) is 3.88. The molecule has 1 heterocycles. The molecule has 1 aliphatic rings. The van der Waals surface area contributed by atoms with Gasteiger partial charge in [-0.15, -0.1) is 0 Å². The van der Waals surface area contributed by atoms with Gasteiger partial charge in [0, 0.05) is 18.2 Å². The van der Waals surface area contributed by atoms with Crippen LogP contribution in [0.15, 0.2) is 12.1 Å². The zero-order valence-electron chi connectivity index (χ0n) is 12.2. The van der Waals surface area contributed by atoms with Crippen molar-refractivity contribution in [3.8, 4) is 0 Å². The molecular weight excluding hydrogens is 260 g/mol. The number of benzene rings is 1. The maximum atomic E-state index is 14.1. The summed E-state index contributed by atoms with van der Waals surface area (Å²) in [5, 5.41) is 3.03. The minimum Gasteiger partial charge on any atom is -0.378 e. The Labute approximate surface area is 119 Å². The van der Waals surface area contributed by atoms with Crippen molar-refractivity contribution in [1.82, 2.24) is 5.32 Å². The van der Waals surface area contributed by atoms with Gasteiger partial charge in [-0.25, -0.2) is 8.78 Å². The summed E-state index contributed by atoms with van der Waals surface area (Å²) in [6.45, 7) is 2.51. The minimum atomic E-state index is -0.468. The molecule has 2 rings (SSSR count). The fourth-order valence-electron chi connectivity index (χ4n) is 2.85. The van der Waals surface area contributed by atoms with E-state index in [9.17, 15) is 8.78 Å². The van der Waals surface area contributed by atoms with Gasteiger partial charge in [-0.05, 0) is 57.7 Å². The van der Waals surface area contributed by atoms with E-state index in [0.29, 0.717) is 18.1 Å². The Morgan fingerprint density at radius 3 is 2.85 bits per heavy atom. The lowest BCUT2D eigenvalue weighted by atomic mass is 9.97. The second kappa shape index (κ2) is 7.14. The van der Waals surface area contributed by atoms with E-state index >= 15 is 0 Å². The van der Waals surface area contributed by atoms with Crippen LogP contribution in [0.5, 0.6) is 0 Å². The van der Waals surface area contributed by atoms with E-state index in [1.807, 2.05) is 0 Å². The van der Waals surface area contributed by atoms with Crippen LogP contribution in [0.2, 0.25) is 0 Å². The lowest BCUT2D eigenvalue weighted by molar-refractivity contribution is 0.101. The first-order valence-corrected chi connectivity index (χ1v) is 7.37. The highest BCUT2D eigenvalue weighted by molar-refractivity contribution is 5.29. The van der Waals surface area contributed by atoms with Gasteiger partial charge in [-0.3, -0.25) is 0 Å². The number of aryl methyl sites for hydroxylation is 1. The van der Waals surface area contributed by atoms with E-state index < -0.39 is 11.6 Å². The highest BCUT2D eigenvalue weighted by atomic mass is 19.1. The normalized spacial score (nSPS) is 20.3. The van der Waals surface area contributed by atoms with Gasteiger partial charge >= 0.3 is 0 Å². The predicted molar refractivity (Wildman–Crippen MR) is 75.7 cm³/mol. The zero-order valence-corrected chi connectivity index (χ0v) is 12.2. The lowest BCUT2D eigenvalue weighted by Gasteiger charge is -2.19. The molecule has 2 nitrogen and oxygen atoms in total. The van der Waals surface area contributed by atoms with E-state index in [1.54, 1.807) is 14.0 Å². The molecule has 1 fully saturated rings. The third-order valence-corrected chi connectivity index (χ3v) is 4.06. The largest absolute Gasteiger partial charge is 0.378 e. The van der Waals surface area contributed by atoms with Gasteiger partial charge in [0.05, 0.1) is 6.10 Å². The molecule has 112 valence electrons. The Balaban J connectivity index is 1.98. The van der Waals surface area contributed by atoms with Gasteiger partial charge in [-0.1, -0.05) is 6.07 Å². The summed E-state index contributed by atoms with van der Waals surface area (Å²) in [7, 11) is 1.75. The van der Waals surface area contributed by atoms with E-state index in [4.69, 9.17) is 4.74 Å². The van der Waals surface area contributed by atoms with Crippen LogP contribution in [0.3, 0.4) is 0 Å². The van der Waals surface area contributed by atoms with Crippen molar-refractivity contribution < 1.29 is 13.5 Å². The summed E-state index contributed by atoms with van der Waals surface area (Å²) in [6.07, 6.45) is 5.16. The summed E-state index contributed by atoms with van der Waals surface area (Å²) in [6, 6.07) is 2.54. The zero-order chi connectivity index (χ0) is 14.5. The number of hydrogen-bond acceptors (Lipinski definition) is 2. The second-order valence-corrected chi connectivity index (χ2v) is 5.50. The molecule has 2 unspecified atom stereocenters. The molecule has 0 aliphatic carbocycles. The van der Waals surface area contributed by atoms with Crippen molar-refractivity contribution >= 4 is 0 Å². The number of halogens is 2. The minimum absolute atomic E-state index is 0.167. The van der Waals surface area contributed by atoms with Crippen molar-refractivity contribution in [2.24, 2.45) is 0 Å². The Morgan fingerprint density at radius 1 is 1.40 bits per heavy atom. The molecule has 20 heavy (non-hydrogen) atoms. The van der Waals surface area contributed by atoms with Crippen LogP contribution in [0, 0.1) is 18.6 Å². The lowest BCUT2D eigenvalue weighted by Crippen LogP contribution is -2.20. The third kappa shape index (κ3) is 3.55. The molecular formula is C16H23F2NO. The van der Waals surface area contributed by atoms with E-state index in [1.165, 1.54) is 12.1 Å². The Morgan fingerprint density at radius 2 is 2.20 bits per heavy atom. The molecule has 0 amide bonds. The molecule has 2 atom stereocenters. The SMILES string of the molecule is CNC(CCCC1CCCO1)c1c(F)ccc(C)c1F.